The van der Waals surface area contributed by atoms with Gasteiger partial charge >= 0.3 is 0 Å². The number of fused-ring (bicyclic) bond motifs is 1. The van der Waals surface area contributed by atoms with Crippen molar-refractivity contribution in [3.05, 3.63) is 59.4 Å². The first-order valence-corrected chi connectivity index (χ1v) is 6.16. The molecule has 2 aromatic rings. The van der Waals surface area contributed by atoms with Gasteiger partial charge in [0, 0.05) is 23.5 Å². The summed E-state index contributed by atoms with van der Waals surface area (Å²) in [7, 11) is 0. The van der Waals surface area contributed by atoms with Crippen molar-refractivity contribution in [1.82, 2.24) is 0 Å². The molecule has 4 heteroatoms. The first kappa shape index (κ1) is 11.7. The number of halogens is 1. The number of benzene rings is 2. The molecule has 1 amide bonds. The molecule has 0 fully saturated rings. The van der Waals surface area contributed by atoms with Crippen molar-refractivity contribution in [2.24, 2.45) is 0 Å². The van der Waals surface area contributed by atoms with Gasteiger partial charge in [-0.25, -0.2) is 4.39 Å². The van der Waals surface area contributed by atoms with Crippen molar-refractivity contribution in [2.75, 3.05) is 17.2 Å². The predicted octanol–water partition coefficient (Wildman–Crippen LogP) is 3.05. The Hall–Kier alpha value is -2.36. The van der Waals surface area contributed by atoms with E-state index in [1.165, 1.54) is 17.7 Å². The molecule has 2 N–H and O–H groups in total. The van der Waals surface area contributed by atoms with E-state index in [1.54, 1.807) is 18.2 Å². The summed E-state index contributed by atoms with van der Waals surface area (Å²) in [6, 6.07) is 11.4. The zero-order chi connectivity index (χ0) is 13.2. The minimum absolute atomic E-state index is 0.234. The van der Waals surface area contributed by atoms with E-state index in [9.17, 15) is 9.18 Å². The molecular weight excluding hydrogens is 243 g/mol. The Bertz CT molecular complexity index is 640. The molecule has 0 saturated carbocycles. The molecule has 0 aliphatic carbocycles. The predicted molar refractivity (Wildman–Crippen MR) is 73.0 cm³/mol. The van der Waals surface area contributed by atoms with Gasteiger partial charge < -0.3 is 10.6 Å². The fourth-order valence-electron chi connectivity index (χ4n) is 2.20. The lowest BCUT2D eigenvalue weighted by Gasteiger charge is -2.07. The molecule has 1 heterocycles. The van der Waals surface area contributed by atoms with E-state index in [4.69, 9.17) is 0 Å². The lowest BCUT2D eigenvalue weighted by atomic mass is 10.1. The average molecular weight is 256 g/mol. The van der Waals surface area contributed by atoms with Gasteiger partial charge in [0.1, 0.15) is 5.82 Å². The maximum Gasteiger partial charge on any atom is 0.255 e. The molecular formula is C15H13FN2O. The summed E-state index contributed by atoms with van der Waals surface area (Å²) in [5.41, 5.74) is 3.25. The SMILES string of the molecule is O=C(Nc1cccc(F)c1)c1ccc2c(c1)NCC2. The third-order valence-electron chi connectivity index (χ3n) is 3.16. The van der Waals surface area contributed by atoms with Gasteiger partial charge in [-0.1, -0.05) is 12.1 Å². The second-order valence-corrected chi connectivity index (χ2v) is 4.51. The number of nitrogens with one attached hydrogen (secondary N) is 2. The van der Waals surface area contributed by atoms with E-state index < -0.39 is 0 Å². The highest BCUT2D eigenvalue weighted by atomic mass is 19.1. The first-order chi connectivity index (χ1) is 9.22. The number of carbonyl (C=O) groups is 1. The Kier molecular flexibility index (Phi) is 2.91. The van der Waals surface area contributed by atoms with E-state index in [1.807, 2.05) is 12.1 Å². The number of hydrogen-bond donors (Lipinski definition) is 2. The van der Waals surface area contributed by atoms with Crippen LogP contribution >= 0.6 is 0 Å². The van der Waals surface area contributed by atoms with Crippen LogP contribution in [0.4, 0.5) is 15.8 Å². The third-order valence-corrected chi connectivity index (χ3v) is 3.16. The van der Waals surface area contributed by atoms with Gasteiger partial charge in [-0.15, -0.1) is 0 Å². The summed E-state index contributed by atoms with van der Waals surface area (Å²) in [5, 5.41) is 5.91. The second kappa shape index (κ2) is 4.72. The topological polar surface area (TPSA) is 41.1 Å². The van der Waals surface area contributed by atoms with Gasteiger partial charge in [-0.3, -0.25) is 4.79 Å². The van der Waals surface area contributed by atoms with Gasteiger partial charge in [0.2, 0.25) is 0 Å². The lowest BCUT2D eigenvalue weighted by Crippen LogP contribution is -2.12. The van der Waals surface area contributed by atoms with Crippen LogP contribution in [-0.2, 0) is 6.42 Å². The summed E-state index contributed by atoms with van der Waals surface area (Å²) in [5.74, 6) is -0.601. The minimum Gasteiger partial charge on any atom is -0.384 e. The Labute approximate surface area is 110 Å². The molecule has 0 radical (unpaired) electrons. The first-order valence-electron chi connectivity index (χ1n) is 6.16. The van der Waals surface area contributed by atoms with Crippen molar-refractivity contribution >= 4 is 17.3 Å². The van der Waals surface area contributed by atoms with Crippen molar-refractivity contribution in [3.8, 4) is 0 Å². The summed E-state index contributed by atoms with van der Waals surface area (Å²) in [4.78, 5) is 12.1. The fraction of sp³-hybridized carbons (Fsp3) is 0.133. The number of anilines is 2. The monoisotopic (exact) mass is 256 g/mol. The van der Waals surface area contributed by atoms with Crippen LogP contribution in [0.3, 0.4) is 0 Å². The number of amides is 1. The van der Waals surface area contributed by atoms with E-state index in [0.29, 0.717) is 11.3 Å². The van der Waals surface area contributed by atoms with Crippen molar-refractivity contribution < 1.29 is 9.18 Å². The van der Waals surface area contributed by atoms with Gasteiger partial charge in [0.25, 0.3) is 5.91 Å². The highest BCUT2D eigenvalue weighted by Gasteiger charge is 2.13. The van der Waals surface area contributed by atoms with Gasteiger partial charge in [-0.05, 0) is 42.3 Å². The molecule has 1 aliphatic heterocycles. The molecule has 1 aliphatic rings. The van der Waals surface area contributed by atoms with Gasteiger partial charge in [0.15, 0.2) is 0 Å². The molecule has 0 atom stereocenters. The summed E-state index contributed by atoms with van der Waals surface area (Å²) < 4.78 is 13.0. The van der Waals surface area contributed by atoms with Crippen molar-refractivity contribution in [3.63, 3.8) is 0 Å². The summed E-state index contributed by atoms with van der Waals surface area (Å²) in [6.07, 6.45) is 0.987. The maximum absolute atomic E-state index is 13.0. The normalized spacial score (nSPS) is 12.7. The lowest BCUT2D eigenvalue weighted by molar-refractivity contribution is 0.102. The van der Waals surface area contributed by atoms with Crippen LogP contribution in [-0.4, -0.2) is 12.5 Å². The van der Waals surface area contributed by atoms with E-state index >= 15 is 0 Å². The Balaban J connectivity index is 1.81. The largest absolute Gasteiger partial charge is 0.384 e. The Morgan fingerprint density at radius 2 is 2.11 bits per heavy atom. The molecule has 2 aromatic carbocycles. The van der Waals surface area contributed by atoms with Gasteiger partial charge in [0.05, 0.1) is 0 Å². The second-order valence-electron chi connectivity index (χ2n) is 4.51. The average Bonchev–Trinajstić information content (AvgIpc) is 2.85. The number of carbonyl (C=O) groups excluding carboxylic acids is 1. The molecule has 0 saturated heterocycles. The van der Waals surface area contributed by atoms with Crippen molar-refractivity contribution in [2.45, 2.75) is 6.42 Å². The number of hydrogen-bond acceptors (Lipinski definition) is 2. The van der Waals surface area contributed by atoms with E-state index in [0.717, 1.165) is 18.7 Å². The molecule has 19 heavy (non-hydrogen) atoms. The molecule has 3 nitrogen and oxygen atoms in total. The molecule has 0 aromatic heterocycles. The highest BCUT2D eigenvalue weighted by Crippen LogP contribution is 2.23. The molecule has 0 unspecified atom stereocenters. The Morgan fingerprint density at radius 3 is 2.95 bits per heavy atom. The van der Waals surface area contributed by atoms with Crippen LogP contribution in [0.25, 0.3) is 0 Å². The zero-order valence-electron chi connectivity index (χ0n) is 10.2. The smallest absolute Gasteiger partial charge is 0.255 e. The van der Waals surface area contributed by atoms with Crippen molar-refractivity contribution in [1.29, 1.82) is 0 Å². The maximum atomic E-state index is 13.0. The quantitative estimate of drug-likeness (QED) is 0.867. The molecule has 96 valence electrons. The molecule has 0 bridgehead atoms. The zero-order valence-corrected chi connectivity index (χ0v) is 10.2. The van der Waals surface area contributed by atoms with Crippen LogP contribution < -0.4 is 10.6 Å². The van der Waals surface area contributed by atoms with Crippen LogP contribution in [0.5, 0.6) is 0 Å². The third kappa shape index (κ3) is 2.42. The minimum atomic E-state index is -0.367. The van der Waals surface area contributed by atoms with E-state index in [2.05, 4.69) is 10.6 Å². The summed E-state index contributed by atoms with van der Waals surface area (Å²) >= 11 is 0. The van der Waals surface area contributed by atoms with Gasteiger partial charge in [-0.2, -0.15) is 0 Å². The van der Waals surface area contributed by atoms with Crippen LogP contribution in [0.15, 0.2) is 42.5 Å². The fourth-order valence-corrected chi connectivity index (χ4v) is 2.20. The van der Waals surface area contributed by atoms with Crippen LogP contribution in [0.2, 0.25) is 0 Å². The van der Waals surface area contributed by atoms with Crippen LogP contribution in [0, 0.1) is 5.82 Å². The molecule has 3 rings (SSSR count). The Morgan fingerprint density at radius 1 is 1.21 bits per heavy atom. The summed E-state index contributed by atoms with van der Waals surface area (Å²) in [6.45, 7) is 0.907. The molecule has 0 spiro atoms. The highest BCUT2D eigenvalue weighted by molar-refractivity contribution is 6.05. The van der Waals surface area contributed by atoms with Crippen LogP contribution in [0.1, 0.15) is 15.9 Å². The number of rotatable bonds is 2. The van der Waals surface area contributed by atoms with E-state index in [-0.39, 0.29) is 11.7 Å². The standard InChI is InChI=1S/C15H13FN2O/c16-12-2-1-3-13(9-12)18-15(19)11-5-4-10-6-7-17-14(10)8-11/h1-5,8-9,17H,6-7H2,(H,18,19).